The van der Waals surface area contributed by atoms with E-state index in [0.717, 1.165) is 32.7 Å². The third kappa shape index (κ3) is 15.6. The van der Waals surface area contributed by atoms with Crippen LogP contribution in [0.15, 0.2) is 12.2 Å². The lowest BCUT2D eigenvalue weighted by Crippen LogP contribution is -2.37. The summed E-state index contributed by atoms with van der Waals surface area (Å²) in [6.07, 6.45) is 26.4. The highest BCUT2D eigenvalue weighted by atomic mass is 15.6. The molecular weight excluding hydrogens is 306 g/mol. The average Bonchev–Trinajstić information content (AvgIpc) is 3.14. The van der Waals surface area contributed by atoms with Crippen molar-refractivity contribution < 1.29 is 0 Å². The smallest absolute Gasteiger partial charge is 0.0621 e. The Hall–Kier alpha value is -0.380. The summed E-state index contributed by atoms with van der Waals surface area (Å²) in [4.78, 5) is 0. The van der Waals surface area contributed by atoms with Gasteiger partial charge in [-0.3, -0.25) is 5.43 Å². The second kappa shape index (κ2) is 18.4. The topological polar surface area (TPSA) is 27.3 Å². The number of nitrogens with one attached hydrogen (secondary N) is 2. The van der Waals surface area contributed by atoms with Gasteiger partial charge in [-0.25, -0.2) is 5.01 Å². The fourth-order valence-electron chi connectivity index (χ4n) is 3.34. The van der Waals surface area contributed by atoms with Crippen LogP contribution in [0, 0.1) is 6.42 Å². The molecule has 0 aliphatic carbocycles. The molecular formula is C22H44N3. The van der Waals surface area contributed by atoms with Crippen LogP contribution in [0.1, 0.15) is 96.8 Å². The predicted molar refractivity (Wildman–Crippen MR) is 111 cm³/mol. The highest BCUT2D eigenvalue weighted by molar-refractivity contribution is 4.94. The monoisotopic (exact) mass is 350 g/mol. The maximum absolute atomic E-state index is 3.44. The fraction of sp³-hybridized carbons (Fsp3) is 0.864. The summed E-state index contributed by atoms with van der Waals surface area (Å²) in [5, 5.41) is 5.57. The first-order valence-corrected chi connectivity index (χ1v) is 11.1. The van der Waals surface area contributed by atoms with Gasteiger partial charge in [-0.2, -0.15) is 0 Å². The summed E-state index contributed by atoms with van der Waals surface area (Å²) in [6, 6.07) is 0. The molecule has 0 bridgehead atoms. The Morgan fingerprint density at radius 3 is 2.08 bits per heavy atom. The summed E-state index contributed by atoms with van der Waals surface area (Å²) in [7, 11) is 0. The Labute approximate surface area is 158 Å². The van der Waals surface area contributed by atoms with Crippen LogP contribution in [0.25, 0.3) is 0 Å². The fourth-order valence-corrected chi connectivity index (χ4v) is 3.34. The molecule has 0 saturated carbocycles. The van der Waals surface area contributed by atoms with Gasteiger partial charge >= 0.3 is 0 Å². The summed E-state index contributed by atoms with van der Waals surface area (Å²) >= 11 is 0. The van der Waals surface area contributed by atoms with Crippen molar-refractivity contribution in [1.29, 1.82) is 0 Å². The molecule has 1 radical (unpaired) electrons. The summed E-state index contributed by atoms with van der Waals surface area (Å²) in [6.45, 7) is 6.55. The highest BCUT2D eigenvalue weighted by Crippen LogP contribution is 2.12. The molecule has 1 aliphatic rings. The van der Waals surface area contributed by atoms with E-state index in [1.165, 1.54) is 83.5 Å². The van der Waals surface area contributed by atoms with Crippen molar-refractivity contribution in [2.24, 2.45) is 0 Å². The third-order valence-corrected chi connectivity index (χ3v) is 5.00. The van der Waals surface area contributed by atoms with Crippen LogP contribution in [0.5, 0.6) is 0 Å². The van der Waals surface area contributed by atoms with Gasteiger partial charge in [0.05, 0.1) is 6.67 Å². The molecule has 147 valence electrons. The van der Waals surface area contributed by atoms with E-state index in [1.807, 2.05) is 0 Å². The van der Waals surface area contributed by atoms with Gasteiger partial charge in [0.25, 0.3) is 0 Å². The zero-order chi connectivity index (χ0) is 17.8. The van der Waals surface area contributed by atoms with E-state index >= 15 is 0 Å². The molecule has 0 aromatic rings. The quantitative estimate of drug-likeness (QED) is 0.315. The number of hydrazine groups is 1. The largest absolute Gasteiger partial charge is 0.302 e. The van der Waals surface area contributed by atoms with Crippen LogP contribution in [-0.4, -0.2) is 31.3 Å². The van der Waals surface area contributed by atoms with Crippen molar-refractivity contribution in [3.63, 3.8) is 0 Å². The van der Waals surface area contributed by atoms with Gasteiger partial charge in [0.1, 0.15) is 0 Å². The number of nitrogens with zero attached hydrogens (tertiary/aromatic N) is 1. The van der Waals surface area contributed by atoms with Gasteiger partial charge in [0.15, 0.2) is 0 Å². The molecule has 1 fully saturated rings. The second-order valence-corrected chi connectivity index (χ2v) is 7.46. The molecule has 3 nitrogen and oxygen atoms in total. The molecule has 0 aromatic heterocycles. The molecule has 1 aliphatic heterocycles. The Morgan fingerprint density at radius 2 is 1.48 bits per heavy atom. The number of rotatable bonds is 18. The van der Waals surface area contributed by atoms with E-state index in [2.05, 4.69) is 41.2 Å². The van der Waals surface area contributed by atoms with Crippen LogP contribution in [0.2, 0.25) is 0 Å². The Morgan fingerprint density at radius 1 is 0.840 bits per heavy atom. The maximum atomic E-state index is 3.44. The highest BCUT2D eigenvalue weighted by Gasteiger charge is 2.08. The van der Waals surface area contributed by atoms with Gasteiger partial charge in [-0.05, 0) is 25.7 Å². The Bertz CT molecular complexity index is 285. The molecule has 0 unspecified atom stereocenters. The van der Waals surface area contributed by atoms with Crippen molar-refractivity contribution in [1.82, 2.24) is 15.8 Å². The van der Waals surface area contributed by atoms with Crippen molar-refractivity contribution in [2.45, 2.75) is 96.8 Å². The van der Waals surface area contributed by atoms with Gasteiger partial charge < -0.3 is 5.32 Å². The Balaban J connectivity index is 1.68. The van der Waals surface area contributed by atoms with E-state index in [-0.39, 0.29) is 0 Å². The second-order valence-electron chi connectivity index (χ2n) is 7.46. The molecule has 0 aromatic carbocycles. The van der Waals surface area contributed by atoms with Gasteiger partial charge in [0, 0.05) is 19.6 Å². The van der Waals surface area contributed by atoms with Crippen LogP contribution in [0.3, 0.4) is 0 Å². The van der Waals surface area contributed by atoms with Gasteiger partial charge in [0.2, 0.25) is 0 Å². The van der Waals surface area contributed by atoms with Gasteiger partial charge in [-0.15, -0.1) is 0 Å². The predicted octanol–water partition coefficient (Wildman–Crippen LogP) is 5.60. The Kier molecular flexibility index (Phi) is 16.7. The zero-order valence-electron chi connectivity index (χ0n) is 16.9. The number of unbranched alkanes of at least 4 members (excludes halogenated alkanes) is 13. The zero-order valence-corrected chi connectivity index (χ0v) is 16.9. The van der Waals surface area contributed by atoms with Crippen molar-refractivity contribution in [2.75, 3.05) is 26.3 Å². The third-order valence-electron chi connectivity index (χ3n) is 5.00. The first kappa shape index (κ1) is 22.7. The molecule has 1 heterocycles. The van der Waals surface area contributed by atoms with E-state index in [4.69, 9.17) is 0 Å². The first-order valence-electron chi connectivity index (χ1n) is 11.1. The molecule has 2 N–H and O–H groups in total. The van der Waals surface area contributed by atoms with Gasteiger partial charge in [-0.1, -0.05) is 89.7 Å². The summed E-state index contributed by atoms with van der Waals surface area (Å²) in [5.74, 6) is 0. The molecule has 1 rings (SSSR count). The lowest BCUT2D eigenvalue weighted by Gasteiger charge is -2.14. The minimum Gasteiger partial charge on any atom is -0.302 e. The lowest BCUT2D eigenvalue weighted by molar-refractivity contribution is 0.235. The molecule has 1 saturated heterocycles. The lowest BCUT2D eigenvalue weighted by atomic mass is 10.0. The first-order chi connectivity index (χ1) is 12.4. The van der Waals surface area contributed by atoms with Crippen LogP contribution in [-0.2, 0) is 0 Å². The van der Waals surface area contributed by atoms with Crippen molar-refractivity contribution >= 4 is 0 Å². The normalized spacial score (nSPS) is 15.6. The van der Waals surface area contributed by atoms with E-state index in [0.29, 0.717) is 0 Å². The molecule has 0 spiro atoms. The standard InChI is InChI=1S/C22H44N3/c1-2-3-4-5-6-7-8-9-10-11-12-13-14-15-16-17-18-19-24-25-21-20-23-22-25/h15-17,23-24H,2-14,18-22H2,1H3. The molecule has 3 heteroatoms. The van der Waals surface area contributed by atoms with E-state index in [9.17, 15) is 0 Å². The summed E-state index contributed by atoms with van der Waals surface area (Å²) < 4.78 is 0. The molecule has 0 atom stereocenters. The maximum Gasteiger partial charge on any atom is 0.0621 e. The average molecular weight is 351 g/mol. The van der Waals surface area contributed by atoms with Crippen molar-refractivity contribution in [3.8, 4) is 0 Å². The number of hydrogen-bond donors (Lipinski definition) is 2. The minimum absolute atomic E-state index is 0.981. The van der Waals surface area contributed by atoms with Crippen molar-refractivity contribution in [3.05, 3.63) is 18.6 Å². The summed E-state index contributed by atoms with van der Waals surface area (Å²) in [5.41, 5.74) is 3.44. The van der Waals surface area contributed by atoms with Crippen LogP contribution >= 0.6 is 0 Å². The van der Waals surface area contributed by atoms with E-state index < -0.39 is 0 Å². The number of allylic oxidation sites excluding steroid dienone is 2. The number of hydrogen-bond acceptors (Lipinski definition) is 3. The van der Waals surface area contributed by atoms with Crippen LogP contribution in [0.4, 0.5) is 0 Å². The molecule has 25 heavy (non-hydrogen) atoms. The van der Waals surface area contributed by atoms with Crippen LogP contribution < -0.4 is 10.7 Å². The minimum atomic E-state index is 0.981. The molecule has 0 amide bonds. The SMILES string of the molecule is CCCCCCCCCCCCCCC=C[CH]CCNN1CCNC1. The van der Waals surface area contributed by atoms with E-state index in [1.54, 1.807) is 0 Å².